The number of aryl methyl sites for hydroxylation is 1. The third-order valence-electron chi connectivity index (χ3n) is 4.90. The molecule has 26 heavy (non-hydrogen) atoms. The molecule has 0 aromatic heterocycles. The molecule has 0 radical (unpaired) electrons. The number of sulfonamides is 1. The largest absolute Gasteiger partial charge is 0.279 e. The van der Waals surface area contributed by atoms with E-state index in [1.54, 1.807) is 12.1 Å². The van der Waals surface area contributed by atoms with Crippen LogP contribution in [0.1, 0.15) is 69.9 Å². The van der Waals surface area contributed by atoms with Gasteiger partial charge < -0.3 is 0 Å². The van der Waals surface area contributed by atoms with Gasteiger partial charge in [0.05, 0.1) is 10.6 Å². The van der Waals surface area contributed by atoms with Crippen molar-refractivity contribution in [3.05, 3.63) is 59.7 Å². The molecule has 2 aromatic rings. The number of unbranched alkanes of at least 4 members (excludes halogenated alkanes) is 3. The first kappa shape index (κ1) is 20.5. The van der Waals surface area contributed by atoms with Gasteiger partial charge in [0.1, 0.15) is 0 Å². The van der Waals surface area contributed by atoms with Gasteiger partial charge in [0.15, 0.2) is 0 Å². The summed E-state index contributed by atoms with van der Waals surface area (Å²) in [6.07, 6.45) is 6.83. The summed E-state index contributed by atoms with van der Waals surface area (Å²) in [6, 6.07) is 14.9. The van der Waals surface area contributed by atoms with Gasteiger partial charge in [-0.15, -0.1) is 0 Å². The van der Waals surface area contributed by atoms with Crippen LogP contribution in [0.25, 0.3) is 0 Å². The highest BCUT2D eigenvalue weighted by molar-refractivity contribution is 7.92. The van der Waals surface area contributed by atoms with Crippen LogP contribution in [0.5, 0.6) is 0 Å². The molecule has 2 rings (SSSR count). The lowest BCUT2D eigenvalue weighted by molar-refractivity contribution is 0.601. The summed E-state index contributed by atoms with van der Waals surface area (Å²) in [4.78, 5) is 0.314. The molecule has 3 nitrogen and oxygen atoms in total. The van der Waals surface area contributed by atoms with E-state index < -0.39 is 10.0 Å². The van der Waals surface area contributed by atoms with E-state index in [1.165, 1.54) is 24.8 Å². The molecular formula is C22H31NO2S. The van der Waals surface area contributed by atoms with Crippen LogP contribution in [0.2, 0.25) is 0 Å². The summed E-state index contributed by atoms with van der Waals surface area (Å²) in [7, 11) is -3.57. The minimum absolute atomic E-state index is 0.305. The van der Waals surface area contributed by atoms with Gasteiger partial charge >= 0.3 is 0 Å². The quantitative estimate of drug-likeness (QED) is 0.510. The predicted octanol–water partition coefficient (Wildman–Crippen LogP) is 6.12. The first-order chi connectivity index (χ1) is 12.5. The number of hydrogen-bond acceptors (Lipinski definition) is 2. The highest BCUT2D eigenvalue weighted by atomic mass is 32.2. The van der Waals surface area contributed by atoms with E-state index in [-0.39, 0.29) is 0 Å². The summed E-state index contributed by atoms with van der Waals surface area (Å²) < 4.78 is 28.3. The third-order valence-corrected chi connectivity index (χ3v) is 6.28. The van der Waals surface area contributed by atoms with Crippen molar-refractivity contribution in [3.8, 4) is 0 Å². The van der Waals surface area contributed by atoms with Crippen LogP contribution >= 0.6 is 0 Å². The standard InChI is InChI=1S/C22H31NO2S/c1-4-6-7-8-11-19-14-16-20(17-15-19)26(24,25)23-22-13-10-9-12-21(22)18(3)5-2/h9-10,12-18,23H,4-8,11H2,1-3H3. The Bertz CT molecular complexity index is 782. The Morgan fingerprint density at radius 3 is 2.27 bits per heavy atom. The lowest BCUT2D eigenvalue weighted by Crippen LogP contribution is -2.14. The molecule has 0 aliphatic rings. The zero-order valence-electron chi connectivity index (χ0n) is 16.2. The molecule has 142 valence electrons. The molecule has 0 saturated carbocycles. The first-order valence-electron chi connectivity index (χ1n) is 9.68. The van der Waals surface area contributed by atoms with Gasteiger partial charge in [-0.2, -0.15) is 0 Å². The average molecular weight is 374 g/mol. The van der Waals surface area contributed by atoms with Crippen molar-refractivity contribution < 1.29 is 8.42 Å². The highest BCUT2D eigenvalue weighted by Crippen LogP contribution is 2.28. The van der Waals surface area contributed by atoms with E-state index in [0.717, 1.165) is 24.8 Å². The van der Waals surface area contributed by atoms with Gasteiger partial charge in [-0.3, -0.25) is 4.72 Å². The molecule has 0 aliphatic heterocycles. The first-order valence-corrected chi connectivity index (χ1v) is 11.2. The summed E-state index contributed by atoms with van der Waals surface area (Å²) in [5.41, 5.74) is 2.90. The van der Waals surface area contributed by atoms with Gasteiger partial charge in [-0.25, -0.2) is 8.42 Å². The van der Waals surface area contributed by atoms with Gasteiger partial charge in [0.2, 0.25) is 0 Å². The van der Waals surface area contributed by atoms with Crippen LogP contribution < -0.4 is 4.72 Å². The van der Waals surface area contributed by atoms with Crippen LogP contribution in [0.4, 0.5) is 5.69 Å². The van der Waals surface area contributed by atoms with E-state index in [2.05, 4.69) is 25.5 Å². The lowest BCUT2D eigenvalue weighted by atomic mass is 9.97. The average Bonchev–Trinajstić information content (AvgIpc) is 2.65. The van der Waals surface area contributed by atoms with Crippen LogP contribution in [0, 0.1) is 0 Å². The molecule has 1 N–H and O–H groups in total. The van der Waals surface area contributed by atoms with E-state index in [0.29, 0.717) is 16.5 Å². The van der Waals surface area contributed by atoms with E-state index in [1.807, 2.05) is 36.4 Å². The van der Waals surface area contributed by atoms with Gasteiger partial charge in [0.25, 0.3) is 10.0 Å². The minimum Gasteiger partial charge on any atom is -0.279 e. The summed E-state index contributed by atoms with van der Waals surface area (Å²) in [5.74, 6) is 0.305. The monoisotopic (exact) mass is 373 g/mol. The maximum atomic E-state index is 12.8. The number of nitrogens with one attached hydrogen (secondary N) is 1. The Morgan fingerprint density at radius 2 is 1.62 bits per heavy atom. The fourth-order valence-electron chi connectivity index (χ4n) is 3.03. The molecule has 0 spiro atoms. The van der Waals surface area contributed by atoms with Crippen molar-refractivity contribution in [1.82, 2.24) is 0 Å². The SMILES string of the molecule is CCCCCCc1ccc(S(=O)(=O)Nc2ccccc2C(C)CC)cc1. The topological polar surface area (TPSA) is 46.2 Å². The van der Waals surface area contributed by atoms with Crippen molar-refractivity contribution in [2.75, 3.05) is 4.72 Å². The third kappa shape index (κ3) is 5.60. The Labute approximate surface area is 158 Å². The van der Waals surface area contributed by atoms with Crippen LogP contribution in [0.3, 0.4) is 0 Å². The van der Waals surface area contributed by atoms with Crippen molar-refractivity contribution in [2.24, 2.45) is 0 Å². The Morgan fingerprint density at radius 1 is 0.923 bits per heavy atom. The molecule has 0 fully saturated rings. The smallest absolute Gasteiger partial charge is 0.261 e. The number of para-hydroxylation sites is 1. The lowest BCUT2D eigenvalue weighted by Gasteiger charge is -2.16. The van der Waals surface area contributed by atoms with Crippen molar-refractivity contribution in [3.63, 3.8) is 0 Å². The zero-order valence-corrected chi connectivity index (χ0v) is 17.0. The number of anilines is 1. The van der Waals surface area contributed by atoms with Crippen molar-refractivity contribution in [1.29, 1.82) is 0 Å². The van der Waals surface area contributed by atoms with E-state index in [9.17, 15) is 8.42 Å². The zero-order chi connectivity index (χ0) is 19.0. The van der Waals surface area contributed by atoms with Gasteiger partial charge in [-0.1, -0.05) is 70.4 Å². The highest BCUT2D eigenvalue weighted by Gasteiger charge is 2.17. The second kappa shape index (κ2) is 9.77. The maximum Gasteiger partial charge on any atom is 0.261 e. The Kier molecular flexibility index (Phi) is 7.70. The maximum absolute atomic E-state index is 12.8. The van der Waals surface area contributed by atoms with E-state index in [4.69, 9.17) is 0 Å². The number of benzene rings is 2. The summed E-state index contributed by atoms with van der Waals surface area (Å²) in [5, 5.41) is 0. The van der Waals surface area contributed by atoms with Crippen LogP contribution in [-0.4, -0.2) is 8.42 Å². The molecule has 0 aliphatic carbocycles. The molecule has 4 heteroatoms. The second-order valence-corrected chi connectivity index (χ2v) is 8.64. The molecule has 0 bridgehead atoms. The molecule has 0 heterocycles. The number of rotatable bonds is 10. The van der Waals surface area contributed by atoms with E-state index >= 15 is 0 Å². The van der Waals surface area contributed by atoms with Gasteiger partial charge in [-0.05, 0) is 54.5 Å². The van der Waals surface area contributed by atoms with Gasteiger partial charge in [0, 0.05) is 0 Å². The fraction of sp³-hybridized carbons (Fsp3) is 0.455. The van der Waals surface area contributed by atoms with Crippen molar-refractivity contribution >= 4 is 15.7 Å². The Balaban J connectivity index is 2.11. The minimum atomic E-state index is -3.57. The Hall–Kier alpha value is -1.81. The molecule has 1 atom stereocenters. The predicted molar refractivity (Wildman–Crippen MR) is 110 cm³/mol. The molecule has 0 amide bonds. The fourth-order valence-corrected chi connectivity index (χ4v) is 4.12. The van der Waals surface area contributed by atoms with Crippen molar-refractivity contribution in [2.45, 2.75) is 70.1 Å². The molecule has 1 unspecified atom stereocenters. The summed E-state index contributed by atoms with van der Waals surface area (Å²) in [6.45, 7) is 6.42. The number of hydrogen-bond donors (Lipinski definition) is 1. The normalized spacial score (nSPS) is 12.7. The molecule has 2 aromatic carbocycles. The molecular weight excluding hydrogens is 342 g/mol. The molecule has 0 saturated heterocycles. The van der Waals surface area contributed by atoms with Crippen LogP contribution in [0.15, 0.2) is 53.4 Å². The summed E-state index contributed by atoms with van der Waals surface area (Å²) >= 11 is 0. The second-order valence-electron chi connectivity index (χ2n) is 6.96. The van der Waals surface area contributed by atoms with Crippen LogP contribution in [-0.2, 0) is 16.4 Å².